The average Bonchev–Trinajstić information content (AvgIpc) is 2.54. The Morgan fingerprint density at radius 2 is 1.45 bits per heavy atom. The molecule has 1 rings (SSSR count). The predicted molar refractivity (Wildman–Crippen MR) is 107 cm³/mol. The highest BCUT2D eigenvalue weighted by atomic mass is 19.4. The fourth-order valence-corrected chi connectivity index (χ4v) is 2.06. The van der Waals surface area contributed by atoms with Crippen LogP contribution in [-0.2, 0) is 9.47 Å². The van der Waals surface area contributed by atoms with E-state index in [9.17, 15) is 27.6 Å². The first-order valence-corrected chi connectivity index (χ1v) is 9.31. The lowest BCUT2D eigenvalue weighted by Gasteiger charge is -2.20. The number of carbonyl (C=O) groups is 3. The molecule has 1 heterocycles. The Balaban J connectivity index is 2.90. The molecule has 12 heteroatoms. The molecule has 0 saturated heterocycles. The Morgan fingerprint density at radius 3 is 1.97 bits per heavy atom. The molecule has 0 aliphatic carbocycles. The molecule has 0 aliphatic heterocycles. The van der Waals surface area contributed by atoms with E-state index >= 15 is 0 Å². The molecule has 0 radical (unpaired) electrons. The highest BCUT2D eigenvalue weighted by molar-refractivity contribution is 6.06. The van der Waals surface area contributed by atoms with Gasteiger partial charge >= 0.3 is 18.4 Å². The lowest BCUT2D eigenvalue weighted by molar-refractivity contribution is -0.0885. The molecule has 31 heavy (non-hydrogen) atoms. The number of halogens is 3. The monoisotopic (exact) mass is 448 g/mol. The first kappa shape index (κ1) is 26.0. The summed E-state index contributed by atoms with van der Waals surface area (Å²) < 4.78 is 48.7. The second-order valence-electron chi connectivity index (χ2n) is 8.40. The number of nitrogens with zero attached hydrogens (tertiary/aromatic N) is 1. The molecule has 0 bridgehead atoms. The van der Waals surface area contributed by atoms with E-state index in [1.807, 2.05) is 0 Å². The molecule has 0 saturated carbocycles. The Bertz CT molecular complexity index is 814. The second kappa shape index (κ2) is 9.84. The van der Waals surface area contributed by atoms with Crippen LogP contribution in [0.5, 0.6) is 0 Å². The van der Waals surface area contributed by atoms with Gasteiger partial charge in [-0.3, -0.25) is 10.1 Å². The number of pyridine rings is 1. The summed E-state index contributed by atoms with van der Waals surface area (Å²) in [6.45, 7) is 10.1. The smallest absolute Gasteiger partial charge is 0.444 e. The maximum Gasteiger partial charge on any atom is 0.455 e. The van der Waals surface area contributed by atoms with E-state index in [4.69, 9.17) is 9.47 Å². The number of nitrogens with one attached hydrogen (secondary N) is 3. The van der Waals surface area contributed by atoms with Crippen molar-refractivity contribution in [3.8, 4) is 0 Å². The number of ether oxygens (including phenoxy) is 2. The van der Waals surface area contributed by atoms with Crippen LogP contribution in [0.1, 0.15) is 51.9 Å². The van der Waals surface area contributed by atoms with Crippen molar-refractivity contribution in [2.45, 2.75) is 58.9 Å². The number of hydrogen-bond donors (Lipinski definition) is 3. The number of anilines is 2. The Hall–Kier alpha value is -3.05. The summed E-state index contributed by atoms with van der Waals surface area (Å²) in [5.74, 6) is -2.71. The minimum absolute atomic E-state index is 0.0655. The maximum atomic E-state index is 12.9. The molecule has 3 N–H and O–H groups in total. The van der Waals surface area contributed by atoms with E-state index in [1.54, 1.807) is 41.5 Å². The second-order valence-corrected chi connectivity index (χ2v) is 8.40. The molecule has 0 fully saturated rings. The molecule has 9 nitrogen and oxygen atoms in total. The van der Waals surface area contributed by atoms with Gasteiger partial charge in [0.05, 0.1) is 5.56 Å². The number of alkyl carbamates (subject to hydrolysis) is 1. The van der Waals surface area contributed by atoms with Gasteiger partial charge in [0.25, 0.3) is 5.78 Å². The van der Waals surface area contributed by atoms with Crippen LogP contribution in [0, 0.1) is 0 Å². The van der Waals surface area contributed by atoms with Crippen LogP contribution in [0.15, 0.2) is 12.1 Å². The largest absolute Gasteiger partial charge is 0.455 e. The van der Waals surface area contributed by atoms with Gasteiger partial charge in [-0.2, -0.15) is 13.2 Å². The molecule has 1 aromatic rings. The zero-order valence-corrected chi connectivity index (χ0v) is 18.2. The fraction of sp³-hybridized carbons (Fsp3) is 0.579. The zero-order valence-electron chi connectivity index (χ0n) is 18.2. The van der Waals surface area contributed by atoms with Crippen molar-refractivity contribution >= 4 is 29.6 Å². The third kappa shape index (κ3) is 10.0. The van der Waals surface area contributed by atoms with Crippen molar-refractivity contribution in [2.75, 3.05) is 23.7 Å². The number of aromatic nitrogens is 1. The van der Waals surface area contributed by atoms with Crippen molar-refractivity contribution in [1.82, 2.24) is 10.3 Å². The SMILES string of the molecule is CC(C)(C)OC(=O)NCCNc1ccc(C(=O)C(F)(F)F)c(NC(=O)OC(C)(C)C)n1. The van der Waals surface area contributed by atoms with Gasteiger partial charge in [0.15, 0.2) is 0 Å². The first-order valence-electron chi connectivity index (χ1n) is 9.31. The number of Topliss-reactive ketones (excluding diaryl/α,β-unsaturated/α-hetero) is 1. The molecule has 1 aromatic heterocycles. The number of rotatable bonds is 6. The summed E-state index contributed by atoms with van der Waals surface area (Å²) in [4.78, 5) is 39.1. The van der Waals surface area contributed by atoms with Gasteiger partial charge in [0, 0.05) is 13.1 Å². The van der Waals surface area contributed by atoms with Crippen molar-refractivity contribution in [3.05, 3.63) is 17.7 Å². The van der Waals surface area contributed by atoms with Gasteiger partial charge in [-0.15, -0.1) is 0 Å². The minimum Gasteiger partial charge on any atom is -0.444 e. The maximum absolute atomic E-state index is 12.9. The fourth-order valence-electron chi connectivity index (χ4n) is 2.06. The van der Waals surface area contributed by atoms with Gasteiger partial charge in [-0.05, 0) is 53.7 Å². The van der Waals surface area contributed by atoms with Crippen molar-refractivity contribution in [1.29, 1.82) is 0 Å². The first-order chi connectivity index (χ1) is 14.0. The Morgan fingerprint density at radius 1 is 0.903 bits per heavy atom. The van der Waals surface area contributed by atoms with Crippen molar-refractivity contribution < 1.29 is 37.0 Å². The van der Waals surface area contributed by atoms with E-state index in [0.717, 1.165) is 12.1 Å². The van der Waals surface area contributed by atoms with Crippen LogP contribution in [-0.4, -0.2) is 53.4 Å². The van der Waals surface area contributed by atoms with E-state index in [1.165, 1.54) is 0 Å². The third-order valence-electron chi connectivity index (χ3n) is 3.12. The van der Waals surface area contributed by atoms with E-state index in [2.05, 4.69) is 20.9 Å². The average molecular weight is 448 g/mol. The van der Waals surface area contributed by atoms with Gasteiger partial charge in [-0.1, -0.05) is 0 Å². The summed E-state index contributed by atoms with van der Waals surface area (Å²) in [5, 5.41) is 7.32. The molecule has 174 valence electrons. The van der Waals surface area contributed by atoms with E-state index in [-0.39, 0.29) is 18.9 Å². The Kier molecular flexibility index (Phi) is 8.25. The van der Waals surface area contributed by atoms with Gasteiger partial charge < -0.3 is 20.1 Å². The molecule has 2 amide bonds. The number of hydrogen-bond acceptors (Lipinski definition) is 7. The molecule has 0 aliphatic rings. The van der Waals surface area contributed by atoms with Crippen LogP contribution in [0.2, 0.25) is 0 Å². The number of alkyl halides is 3. The topological polar surface area (TPSA) is 119 Å². The predicted octanol–water partition coefficient (Wildman–Crippen LogP) is 4.11. The highest BCUT2D eigenvalue weighted by Crippen LogP contribution is 2.27. The standard InChI is InChI=1S/C19H27F3N4O5/c1-17(2,3)30-15(28)24-10-9-23-12-8-7-11(13(27)19(20,21)22)14(25-12)26-16(29)31-18(4,5)6/h7-8H,9-10H2,1-6H3,(H,24,28)(H2,23,25,26,29). The zero-order chi connectivity index (χ0) is 24.0. The molecule has 0 spiro atoms. The van der Waals surface area contributed by atoms with E-state index in [0.29, 0.717) is 0 Å². The summed E-state index contributed by atoms with van der Waals surface area (Å²) >= 11 is 0. The molecule has 0 unspecified atom stereocenters. The molecule has 0 atom stereocenters. The third-order valence-corrected chi connectivity index (χ3v) is 3.12. The number of ketones is 1. The summed E-state index contributed by atoms with van der Waals surface area (Å²) in [6, 6.07) is 2.03. The Labute approximate surface area is 178 Å². The van der Waals surface area contributed by atoms with Crippen molar-refractivity contribution in [2.24, 2.45) is 0 Å². The lowest BCUT2D eigenvalue weighted by Crippen LogP contribution is -2.35. The van der Waals surface area contributed by atoms with Crippen LogP contribution < -0.4 is 16.0 Å². The van der Waals surface area contributed by atoms with Crippen LogP contribution in [0.4, 0.5) is 34.4 Å². The number of amides is 2. The highest BCUT2D eigenvalue weighted by Gasteiger charge is 2.41. The summed E-state index contributed by atoms with van der Waals surface area (Å²) in [6.07, 6.45) is -6.86. The van der Waals surface area contributed by atoms with Gasteiger partial charge in [-0.25, -0.2) is 14.6 Å². The molecule has 0 aromatic carbocycles. The van der Waals surface area contributed by atoms with Gasteiger partial charge in [0.1, 0.15) is 22.8 Å². The van der Waals surface area contributed by atoms with Gasteiger partial charge in [0.2, 0.25) is 0 Å². The van der Waals surface area contributed by atoms with Crippen LogP contribution >= 0.6 is 0 Å². The molecular weight excluding hydrogens is 421 g/mol. The normalized spacial score (nSPS) is 12.0. The quantitative estimate of drug-likeness (QED) is 0.443. The van der Waals surface area contributed by atoms with Crippen molar-refractivity contribution in [3.63, 3.8) is 0 Å². The minimum atomic E-state index is -5.15. The van der Waals surface area contributed by atoms with Crippen LogP contribution in [0.25, 0.3) is 0 Å². The number of carbonyl (C=O) groups excluding carboxylic acids is 3. The summed E-state index contributed by atoms with van der Waals surface area (Å²) in [7, 11) is 0. The summed E-state index contributed by atoms with van der Waals surface area (Å²) in [5.41, 5.74) is -2.42. The van der Waals surface area contributed by atoms with Crippen LogP contribution in [0.3, 0.4) is 0 Å². The molecular formula is C19H27F3N4O5. The van der Waals surface area contributed by atoms with E-state index < -0.39 is 46.7 Å². The lowest BCUT2D eigenvalue weighted by atomic mass is 10.1.